The van der Waals surface area contributed by atoms with Crippen LogP contribution in [0.5, 0.6) is 0 Å². The molecule has 0 N–H and O–H groups in total. The summed E-state index contributed by atoms with van der Waals surface area (Å²) >= 11 is 1.29. The van der Waals surface area contributed by atoms with E-state index in [1.165, 1.54) is 22.9 Å². The summed E-state index contributed by atoms with van der Waals surface area (Å²) in [6.07, 6.45) is 0.471. The number of carbonyl (C=O) groups is 2. The zero-order chi connectivity index (χ0) is 16.3. The molecule has 0 bridgehead atoms. The smallest absolute Gasteiger partial charge is 0.223 e. The third-order valence-corrected chi connectivity index (χ3v) is 4.97. The van der Waals surface area contributed by atoms with Gasteiger partial charge in [0.15, 0.2) is 5.12 Å². The van der Waals surface area contributed by atoms with Crippen LogP contribution in [0.15, 0.2) is 24.3 Å². The average molecular weight is 320 g/mol. The van der Waals surface area contributed by atoms with Crippen LogP contribution >= 0.6 is 11.8 Å². The normalized spacial score (nSPS) is 19.8. The first-order valence-corrected chi connectivity index (χ1v) is 8.42. The highest BCUT2D eigenvalue weighted by Crippen LogP contribution is 2.27. The van der Waals surface area contributed by atoms with E-state index in [0.29, 0.717) is 19.5 Å². The van der Waals surface area contributed by atoms with Crippen LogP contribution in [0.4, 0.5) is 0 Å². The molecule has 2 unspecified atom stereocenters. The summed E-state index contributed by atoms with van der Waals surface area (Å²) in [5.41, 5.74) is 2.45. The van der Waals surface area contributed by atoms with Gasteiger partial charge in [-0.25, -0.2) is 0 Å². The Morgan fingerprint density at radius 2 is 2.00 bits per heavy atom. The fraction of sp³-hybridized carbons (Fsp3) is 0.529. The van der Waals surface area contributed by atoms with Crippen molar-refractivity contribution in [3.8, 4) is 0 Å². The SMILES string of the molecule is CC(=O)SC1CC(=O)N(CC(c2ccc(C)cc2)N(C)C)C1. The van der Waals surface area contributed by atoms with Gasteiger partial charge in [0.1, 0.15) is 0 Å². The quantitative estimate of drug-likeness (QED) is 0.836. The van der Waals surface area contributed by atoms with Gasteiger partial charge in [0.05, 0.1) is 6.04 Å². The predicted octanol–water partition coefficient (Wildman–Crippen LogP) is 2.48. The number of rotatable bonds is 5. The first-order valence-electron chi connectivity index (χ1n) is 7.55. The molecule has 0 radical (unpaired) electrons. The first-order chi connectivity index (χ1) is 10.4. The van der Waals surface area contributed by atoms with Crippen molar-refractivity contribution >= 4 is 22.8 Å². The Hall–Kier alpha value is -1.33. The van der Waals surface area contributed by atoms with E-state index in [9.17, 15) is 9.59 Å². The summed E-state index contributed by atoms with van der Waals surface area (Å²) in [5, 5.41) is 0.188. The lowest BCUT2D eigenvalue weighted by Gasteiger charge is -2.29. The number of hydrogen-bond acceptors (Lipinski definition) is 4. The van der Waals surface area contributed by atoms with Crippen molar-refractivity contribution in [2.45, 2.75) is 31.6 Å². The van der Waals surface area contributed by atoms with Crippen LogP contribution in [-0.2, 0) is 9.59 Å². The third-order valence-electron chi connectivity index (χ3n) is 3.99. The number of likely N-dealkylation sites (tertiary alicyclic amines) is 1. The molecule has 1 heterocycles. The third kappa shape index (κ3) is 4.34. The molecule has 1 fully saturated rings. The lowest BCUT2D eigenvalue weighted by Crippen LogP contribution is -2.36. The van der Waals surface area contributed by atoms with Crippen molar-refractivity contribution in [1.82, 2.24) is 9.80 Å². The van der Waals surface area contributed by atoms with Crippen LogP contribution in [0, 0.1) is 6.92 Å². The van der Waals surface area contributed by atoms with Gasteiger partial charge in [-0.05, 0) is 26.6 Å². The number of likely N-dealkylation sites (N-methyl/N-ethyl adjacent to an activating group) is 1. The van der Waals surface area contributed by atoms with Gasteiger partial charge in [-0.15, -0.1) is 0 Å². The van der Waals surface area contributed by atoms with Crippen LogP contribution in [0.1, 0.15) is 30.5 Å². The maximum atomic E-state index is 12.2. The minimum absolute atomic E-state index is 0.0855. The number of hydrogen-bond donors (Lipinski definition) is 0. The molecule has 1 amide bonds. The predicted molar refractivity (Wildman–Crippen MR) is 90.9 cm³/mol. The number of thioether (sulfide) groups is 1. The summed E-state index contributed by atoms with van der Waals surface area (Å²) in [6.45, 7) is 4.97. The van der Waals surface area contributed by atoms with Crippen molar-refractivity contribution in [2.75, 3.05) is 27.2 Å². The zero-order valence-corrected chi connectivity index (χ0v) is 14.5. The lowest BCUT2D eigenvalue weighted by atomic mass is 10.0. The molecule has 120 valence electrons. The maximum absolute atomic E-state index is 12.2. The molecule has 5 heteroatoms. The highest BCUT2D eigenvalue weighted by atomic mass is 32.2. The number of nitrogens with zero attached hydrogens (tertiary/aromatic N) is 2. The van der Waals surface area contributed by atoms with Gasteiger partial charge < -0.3 is 9.80 Å². The Morgan fingerprint density at radius 3 is 2.55 bits per heavy atom. The van der Waals surface area contributed by atoms with Gasteiger partial charge in [-0.3, -0.25) is 9.59 Å². The van der Waals surface area contributed by atoms with E-state index in [1.807, 2.05) is 19.0 Å². The summed E-state index contributed by atoms with van der Waals surface area (Å²) in [7, 11) is 4.07. The van der Waals surface area contributed by atoms with Crippen LogP contribution in [-0.4, -0.2) is 53.3 Å². The minimum Gasteiger partial charge on any atom is -0.340 e. The Bertz CT molecular complexity index is 542. The van der Waals surface area contributed by atoms with Crippen molar-refractivity contribution in [3.63, 3.8) is 0 Å². The second kappa shape index (κ2) is 7.29. The minimum atomic E-state index is 0.0855. The lowest BCUT2D eigenvalue weighted by molar-refractivity contribution is -0.128. The Labute approximate surface area is 136 Å². The standard InChI is InChI=1S/C17H24N2O2S/c1-12-5-7-14(8-6-12)16(18(3)4)11-19-10-15(9-17(19)21)22-13(2)20/h5-8,15-16H,9-11H2,1-4H3. The van der Waals surface area contributed by atoms with Gasteiger partial charge in [-0.1, -0.05) is 41.6 Å². The van der Waals surface area contributed by atoms with Crippen LogP contribution in [0.25, 0.3) is 0 Å². The molecule has 1 aliphatic rings. The molecule has 1 aromatic rings. The van der Waals surface area contributed by atoms with Crippen molar-refractivity contribution in [1.29, 1.82) is 0 Å². The van der Waals surface area contributed by atoms with E-state index in [0.717, 1.165) is 0 Å². The van der Waals surface area contributed by atoms with Crippen LogP contribution < -0.4 is 0 Å². The highest BCUT2D eigenvalue weighted by Gasteiger charge is 2.32. The van der Waals surface area contributed by atoms with E-state index in [2.05, 4.69) is 36.1 Å². The van der Waals surface area contributed by atoms with E-state index < -0.39 is 0 Å². The Balaban J connectivity index is 2.07. The largest absolute Gasteiger partial charge is 0.340 e. The summed E-state index contributed by atoms with van der Waals surface area (Å²) in [6, 6.07) is 8.63. The summed E-state index contributed by atoms with van der Waals surface area (Å²) in [4.78, 5) is 27.5. The van der Waals surface area contributed by atoms with E-state index in [1.54, 1.807) is 6.92 Å². The monoisotopic (exact) mass is 320 g/mol. The maximum Gasteiger partial charge on any atom is 0.223 e. The fourth-order valence-corrected chi connectivity index (χ4v) is 3.74. The van der Waals surface area contributed by atoms with E-state index in [-0.39, 0.29) is 22.3 Å². The molecule has 2 rings (SSSR count). The zero-order valence-electron chi connectivity index (χ0n) is 13.7. The molecule has 2 atom stereocenters. The molecule has 0 saturated carbocycles. The van der Waals surface area contributed by atoms with Crippen LogP contribution in [0.3, 0.4) is 0 Å². The van der Waals surface area contributed by atoms with Gasteiger partial charge in [-0.2, -0.15) is 0 Å². The summed E-state index contributed by atoms with van der Waals surface area (Å²) < 4.78 is 0. The molecule has 1 aliphatic heterocycles. The fourth-order valence-electron chi connectivity index (χ4n) is 2.79. The number of benzene rings is 1. The van der Waals surface area contributed by atoms with Crippen LogP contribution in [0.2, 0.25) is 0 Å². The topological polar surface area (TPSA) is 40.6 Å². The van der Waals surface area contributed by atoms with Gasteiger partial charge in [0.2, 0.25) is 5.91 Å². The molecule has 0 aliphatic carbocycles. The average Bonchev–Trinajstić information content (AvgIpc) is 2.76. The van der Waals surface area contributed by atoms with Gasteiger partial charge in [0.25, 0.3) is 0 Å². The van der Waals surface area contributed by atoms with E-state index in [4.69, 9.17) is 0 Å². The molecule has 1 aromatic carbocycles. The molecular weight excluding hydrogens is 296 g/mol. The van der Waals surface area contributed by atoms with Gasteiger partial charge in [0, 0.05) is 31.7 Å². The first kappa shape index (κ1) is 17.0. The van der Waals surface area contributed by atoms with Gasteiger partial charge >= 0.3 is 0 Å². The second-order valence-electron chi connectivity index (χ2n) is 6.12. The molecule has 0 aromatic heterocycles. The molecule has 0 spiro atoms. The highest BCUT2D eigenvalue weighted by molar-refractivity contribution is 8.14. The number of aryl methyl sites for hydroxylation is 1. The van der Waals surface area contributed by atoms with E-state index >= 15 is 0 Å². The Kier molecular flexibility index (Phi) is 5.64. The van der Waals surface area contributed by atoms with Crippen molar-refractivity contribution in [2.24, 2.45) is 0 Å². The number of carbonyl (C=O) groups excluding carboxylic acids is 2. The Morgan fingerprint density at radius 1 is 1.36 bits per heavy atom. The van der Waals surface area contributed by atoms with Crippen molar-refractivity contribution < 1.29 is 9.59 Å². The summed E-state index contributed by atoms with van der Waals surface area (Å²) in [5.74, 6) is 0.151. The molecular formula is C17H24N2O2S. The molecule has 22 heavy (non-hydrogen) atoms. The molecule has 4 nitrogen and oxygen atoms in total. The number of amides is 1. The van der Waals surface area contributed by atoms with Crippen molar-refractivity contribution in [3.05, 3.63) is 35.4 Å². The molecule has 1 saturated heterocycles. The second-order valence-corrected chi connectivity index (χ2v) is 7.60.